The van der Waals surface area contributed by atoms with Gasteiger partial charge in [0, 0.05) is 38.4 Å². The number of carbonyl (C=O) groups excluding carboxylic acids is 1. The van der Waals surface area contributed by atoms with E-state index in [2.05, 4.69) is 42.0 Å². The van der Waals surface area contributed by atoms with Gasteiger partial charge >= 0.3 is 6.09 Å². The first-order valence-electron chi connectivity index (χ1n) is 11.2. The van der Waals surface area contributed by atoms with E-state index in [0.29, 0.717) is 18.4 Å². The highest BCUT2D eigenvalue weighted by Gasteiger charge is 2.47. The summed E-state index contributed by atoms with van der Waals surface area (Å²) in [5, 5.41) is 0. The number of anilines is 1. The zero-order chi connectivity index (χ0) is 20.7. The number of likely N-dealkylation sites (tertiary alicyclic amines) is 1. The number of benzene rings is 2. The molecule has 2 saturated heterocycles. The molecular weight excluding hydrogens is 374 g/mol. The summed E-state index contributed by atoms with van der Waals surface area (Å²) in [6.45, 7) is 7.70. The lowest BCUT2D eigenvalue weighted by molar-refractivity contribution is 0.0531. The van der Waals surface area contributed by atoms with Crippen LogP contribution < -0.4 is 4.90 Å². The molecule has 158 valence electrons. The number of carbonyl (C=O) groups is 1. The molecule has 1 amide bonds. The van der Waals surface area contributed by atoms with Crippen LogP contribution in [0.4, 0.5) is 10.5 Å². The molecule has 2 heterocycles. The highest BCUT2D eigenvalue weighted by atomic mass is 16.6. The average Bonchev–Trinajstić information content (AvgIpc) is 2.93. The zero-order valence-corrected chi connectivity index (χ0v) is 18.0. The zero-order valence-electron chi connectivity index (χ0n) is 18.0. The van der Waals surface area contributed by atoms with Gasteiger partial charge < -0.3 is 19.4 Å². The molecule has 30 heavy (non-hydrogen) atoms. The average molecular weight is 406 g/mol. The van der Waals surface area contributed by atoms with E-state index in [1.165, 1.54) is 16.8 Å². The van der Waals surface area contributed by atoms with E-state index in [4.69, 9.17) is 4.74 Å². The van der Waals surface area contributed by atoms with E-state index >= 15 is 0 Å². The second-order valence-corrected chi connectivity index (χ2v) is 9.04. The number of ether oxygens (including phenoxy) is 1. The largest absolute Gasteiger partial charge is 0.445 e. The lowest BCUT2D eigenvalue weighted by Gasteiger charge is -2.38. The summed E-state index contributed by atoms with van der Waals surface area (Å²) in [4.78, 5) is 19.9. The van der Waals surface area contributed by atoms with Crippen LogP contribution in [0, 0.1) is 5.92 Å². The van der Waals surface area contributed by atoms with Crippen LogP contribution >= 0.6 is 0 Å². The predicted octanol–water partition coefficient (Wildman–Crippen LogP) is 4.26. The predicted molar refractivity (Wildman–Crippen MR) is 119 cm³/mol. The van der Waals surface area contributed by atoms with Gasteiger partial charge in [-0.15, -0.1) is 0 Å². The van der Waals surface area contributed by atoms with Crippen molar-refractivity contribution in [2.45, 2.75) is 31.9 Å². The lowest BCUT2D eigenvalue weighted by Crippen LogP contribution is -2.44. The van der Waals surface area contributed by atoms with Gasteiger partial charge in [0.1, 0.15) is 6.61 Å². The summed E-state index contributed by atoms with van der Waals surface area (Å²) in [6, 6.07) is 17.0. The van der Waals surface area contributed by atoms with Crippen molar-refractivity contribution in [1.82, 2.24) is 9.80 Å². The van der Waals surface area contributed by atoms with E-state index in [1.807, 2.05) is 35.2 Å². The van der Waals surface area contributed by atoms with Crippen molar-refractivity contribution in [3.63, 3.8) is 0 Å². The number of nitrogens with zero attached hydrogens (tertiary/aromatic N) is 3. The van der Waals surface area contributed by atoms with Crippen LogP contribution in [0.25, 0.3) is 0 Å². The Morgan fingerprint density at radius 3 is 2.53 bits per heavy atom. The number of hydrogen-bond acceptors (Lipinski definition) is 4. The fourth-order valence-electron chi connectivity index (χ4n) is 5.50. The minimum absolute atomic E-state index is 0.120. The molecule has 2 bridgehead atoms. The van der Waals surface area contributed by atoms with Gasteiger partial charge in [-0.05, 0) is 54.1 Å². The molecule has 0 saturated carbocycles. The van der Waals surface area contributed by atoms with Crippen molar-refractivity contribution in [2.24, 2.45) is 5.92 Å². The normalized spacial score (nSPS) is 25.9. The number of hydrogen-bond donors (Lipinski definition) is 0. The lowest BCUT2D eigenvalue weighted by atomic mass is 9.86. The molecule has 2 aromatic carbocycles. The van der Waals surface area contributed by atoms with Crippen molar-refractivity contribution < 1.29 is 9.53 Å². The van der Waals surface area contributed by atoms with Crippen LogP contribution in [-0.4, -0.2) is 55.7 Å². The summed E-state index contributed by atoms with van der Waals surface area (Å²) in [7, 11) is 2.18. The quantitative estimate of drug-likeness (QED) is 0.765. The number of piperidine rings is 1. The van der Waals surface area contributed by atoms with Gasteiger partial charge in [-0.2, -0.15) is 0 Å². The molecule has 3 atom stereocenters. The van der Waals surface area contributed by atoms with E-state index < -0.39 is 0 Å². The Morgan fingerprint density at radius 1 is 1.00 bits per heavy atom. The molecule has 1 aliphatic carbocycles. The molecule has 0 radical (unpaired) electrons. The molecule has 3 unspecified atom stereocenters. The van der Waals surface area contributed by atoms with E-state index in [1.54, 1.807) is 0 Å². The van der Waals surface area contributed by atoms with Gasteiger partial charge in [0.15, 0.2) is 0 Å². The monoisotopic (exact) mass is 405 g/mol. The van der Waals surface area contributed by atoms with E-state index in [0.717, 1.165) is 44.7 Å². The molecular formula is C25H31N3O2. The third kappa shape index (κ3) is 3.45. The smallest absolute Gasteiger partial charge is 0.410 e. The molecule has 2 aromatic rings. The Labute approximate surface area is 179 Å². The van der Waals surface area contributed by atoms with Gasteiger partial charge in [0.25, 0.3) is 0 Å². The fourth-order valence-corrected chi connectivity index (χ4v) is 5.50. The van der Waals surface area contributed by atoms with Crippen molar-refractivity contribution in [3.8, 4) is 0 Å². The summed E-state index contributed by atoms with van der Waals surface area (Å²) in [6.07, 6.45) is 0.825. The summed E-state index contributed by atoms with van der Waals surface area (Å²) >= 11 is 0. The third-order valence-corrected chi connectivity index (χ3v) is 7.25. The van der Waals surface area contributed by atoms with Crippen molar-refractivity contribution in [2.75, 3.05) is 44.7 Å². The van der Waals surface area contributed by atoms with Gasteiger partial charge in [-0.3, -0.25) is 0 Å². The first-order valence-corrected chi connectivity index (χ1v) is 11.2. The minimum atomic E-state index is -0.188. The van der Waals surface area contributed by atoms with Crippen molar-refractivity contribution in [1.29, 1.82) is 0 Å². The molecule has 0 aromatic heterocycles. The first-order chi connectivity index (χ1) is 14.6. The van der Waals surface area contributed by atoms with Crippen LogP contribution in [0.3, 0.4) is 0 Å². The van der Waals surface area contributed by atoms with Gasteiger partial charge in [-0.1, -0.05) is 43.3 Å². The number of likely N-dealkylation sites (N-methyl/N-ethyl adjacent to an activating group) is 1. The molecule has 5 nitrogen and oxygen atoms in total. The Kier molecular flexibility index (Phi) is 5.15. The second-order valence-electron chi connectivity index (χ2n) is 9.04. The van der Waals surface area contributed by atoms with Gasteiger partial charge in [0.05, 0.1) is 6.04 Å². The summed E-state index contributed by atoms with van der Waals surface area (Å²) in [5.41, 5.74) is 5.08. The Morgan fingerprint density at radius 2 is 1.77 bits per heavy atom. The van der Waals surface area contributed by atoms with Crippen LogP contribution in [-0.2, 0) is 11.3 Å². The summed E-state index contributed by atoms with van der Waals surface area (Å²) in [5.74, 6) is 0.977. The molecule has 3 aliphatic rings. The Balaban J connectivity index is 1.36. The highest BCUT2D eigenvalue weighted by molar-refractivity contribution is 5.70. The SMILES string of the molecule is CC1C2CCN(C(=O)OCc3ccccc3)C1c1cc(N3CCN(C)CC3)ccc12. The fraction of sp³-hybridized carbons (Fsp3) is 0.480. The van der Waals surface area contributed by atoms with Crippen molar-refractivity contribution in [3.05, 3.63) is 65.2 Å². The number of rotatable bonds is 3. The molecule has 2 fully saturated rings. The van der Waals surface area contributed by atoms with E-state index in [-0.39, 0.29) is 12.1 Å². The maximum absolute atomic E-state index is 13.0. The third-order valence-electron chi connectivity index (χ3n) is 7.25. The Bertz CT molecular complexity index is 908. The van der Waals surface area contributed by atoms with Crippen LogP contribution in [0.1, 0.15) is 42.0 Å². The number of amides is 1. The topological polar surface area (TPSA) is 36.0 Å². The minimum Gasteiger partial charge on any atom is -0.445 e. The molecule has 5 rings (SSSR count). The second kappa shape index (κ2) is 7.95. The number of piperazine rings is 1. The summed E-state index contributed by atoms with van der Waals surface area (Å²) < 4.78 is 5.71. The van der Waals surface area contributed by atoms with E-state index in [9.17, 15) is 4.79 Å². The van der Waals surface area contributed by atoms with Crippen molar-refractivity contribution >= 4 is 11.8 Å². The van der Waals surface area contributed by atoms with Gasteiger partial charge in [-0.25, -0.2) is 4.79 Å². The van der Waals surface area contributed by atoms with Crippen LogP contribution in [0.5, 0.6) is 0 Å². The standard InChI is InChI=1S/C25H31N3O2/c1-18-21-10-11-28(25(29)30-17-19-6-4-3-5-7-19)24(18)23-16-20(8-9-22(21)23)27-14-12-26(2)13-15-27/h3-9,16,18,21,24H,10-15,17H2,1-2H3. The molecule has 2 aliphatic heterocycles. The maximum atomic E-state index is 13.0. The van der Waals surface area contributed by atoms with Crippen LogP contribution in [0.2, 0.25) is 0 Å². The molecule has 5 heteroatoms. The van der Waals surface area contributed by atoms with Crippen LogP contribution in [0.15, 0.2) is 48.5 Å². The highest BCUT2D eigenvalue weighted by Crippen LogP contribution is 2.53. The number of fused-ring (bicyclic) bond motifs is 5. The molecule has 0 N–H and O–H groups in total. The maximum Gasteiger partial charge on any atom is 0.410 e. The molecule has 0 spiro atoms. The first kappa shape index (κ1) is 19.4. The Hall–Kier alpha value is -2.53. The van der Waals surface area contributed by atoms with Gasteiger partial charge in [0.2, 0.25) is 0 Å².